The van der Waals surface area contributed by atoms with E-state index in [1.165, 1.54) is 30.3 Å². The highest BCUT2D eigenvalue weighted by Gasteiger charge is 2.40. The number of benzene rings is 1. The minimum absolute atomic E-state index is 0. The summed E-state index contributed by atoms with van der Waals surface area (Å²) in [6.45, 7) is 1.88. The highest BCUT2D eigenvalue weighted by atomic mass is 35.5. The zero-order chi connectivity index (χ0) is 18.0. The van der Waals surface area contributed by atoms with Crippen LogP contribution < -0.4 is 11.1 Å². The van der Waals surface area contributed by atoms with Crippen LogP contribution in [0.5, 0.6) is 0 Å². The molecule has 2 saturated carbocycles. The van der Waals surface area contributed by atoms with Crippen LogP contribution in [-0.2, 0) is 4.79 Å². The van der Waals surface area contributed by atoms with Gasteiger partial charge in [0.05, 0.1) is 10.2 Å². The second-order valence-corrected chi connectivity index (χ2v) is 8.64. The Hall–Kier alpha value is -1.31. The predicted octanol–water partition coefficient (Wildman–Crippen LogP) is 3.52. The van der Waals surface area contributed by atoms with E-state index in [-0.39, 0.29) is 41.3 Å². The summed E-state index contributed by atoms with van der Waals surface area (Å²) in [5.74, 6) is 1.05. The summed E-state index contributed by atoms with van der Waals surface area (Å²) < 4.78 is 0. The number of amides is 1. The summed E-state index contributed by atoms with van der Waals surface area (Å²) in [7, 11) is 0. The van der Waals surface area contributed by atoms with Crippen molar-refractivity contribution in [2.75, 3.05) is 0 Å². The lowest BCUT2D eigenvalue weighted by molar-refractivity contribution is -0.384. The van der Waals surface area contributed by atoms with Gasteiger partial charge in [-0.2, -0.15) is 0 Å². The molecule has 3 unspecified atom stereocenters. The van der Waals surface area contributed by atoms with Gasteiger partial charge in [0.2, 0.25) is 5.91 Å². The minimum atomic E-state index is -0.420. The van der Waals surface area contributed by atoms with Crippen LogP contribution in [0.25, 0.3) is 0 Å². The summed E-state index contributed by atoms with van der Waals surface area (Å²) in [6, 6.07) is 6.86. The van der Waals surface area contributed by atoms with Crippen molar-refractivity contribution in [3.63, 3.8) is 0 Å². The molecule has 2 aliphatic carbocycles. The molecule has 3 rings (SSSR count). The molecule has 0 aliphatic heterocycles. The minimum Gasteiger partial charge on any atom is -0.352 e. The second kappa shape index (κ2) is 9.06. The van der Waals surface area contributed by atoms with Gasteiger partial charge in [0.15, 0.2) is 0 Å². The SMILES string of the molecule is CC(Sc1ccc([N+](=O)[O-])cc1)C(=O)NC1C2CCCC1CC(N)C2.Cl. The van der Waals surface area contributed by atoms with Gasteiger partial charge in [0, 0.05) is 29.1 Å². The molecule has 3 N–H and O–H groups in total. The molecule has 26 heavy (non-hydrogen) atoms. The average molecular weight is 400 g/mol. The fourth-order valence-corrected chi connectivity index (χ4v) is 5.09. The zero-order valence-corrected chi connectivity index (χ0v) is 16.4. The van der Waals surface area contributed by atoms with Crippen LogP contribution in [0.4, 0.5) is 5.69 Å². The molecule has 0 radical (unpaired) electrons. The van der Waals surface area contributed by atoms with Gasteiger partial charge in [-0.3, -0.25) is 14.9 Å². The third-order valence-electron chi connectivity index (χ3n) is 5.42. The van der Waals surface area contributed by atoms with Gasteiger partial charge in [-0.1, -0.05) is 6.42 Å². The molecule has 1 amide bonds. The van der Waals surface area contributed by atoms with Crippen LogP contribution in [0.3, 0.4) is 0 Å². The monoisotopic (exact) mass is 399 g/mol. The third-order valence-corrected chi connectivity index (χ3v) is 6.53. The first kappa shape index (κ1) is 21.0. The number of hydrogen-bond acceptors (Lipinski definition) is 5. The molecule has 0 spiro atoms. The van der Waals surface area contributed by atoms with Gasteiger partial charge in [0.25, 0.3) is 5.69 Å². The summed E-state index contributed by atoms with van der Waals surface area (Å²) in [4.78, 5) is 23.8. The normalized spacial score (nSPS) is 28.5. The lowest BCUT2D eigenvalue weighted by atomic mass is 9.67. The van der Waals surface area contributed by atoms with Gasteiger partial charge < -0.3 is 11.1 Å². The number of halogens is 1. The van der Waals surface area contributed by atoms with Gasteiger partial charge in [-0.15, -0.1) is 24.2 Å². The number of nitrogens with zero attached hydrogens (tertiary/aromatic N) is 1. The number of nitrogens with one attached hydrogen (secondary N) is 1. The Balaban J connectivity index is 0.00000243. The molecule has 3 atom stereocenters. The highest BCUT2D eigenvalue weighted by Crippen LogP contribution is 2.40. The first-order valence-electron chi connectivity index (χ1n) is 8.91. The number of hydrogen-bond donors (Lipinski definition) is 2. The van der Waals surface area contributed by atoms with Crippen LogP contribution in [0, 0.1) is 22.0 Å². The van der Waals surface area contributed by atoms with E-state index in [9.17, 15) is 14.9 Å². The maximum absolute atomic E-state index is 12.6. The van der Waals surface area contributed by atoms with Crippen molar-refractivity contribution in [2.45, 2.75) is 61.3 Å². The molecule has 6 nitrogen and oxygen atoms in total. The van der Waals surface area contributed by atoms with E-state index in [2.05, 4.69) is 5.32 Å². The molecule has 1 aromatic rings. The molecule has 0 heterocycles. The molecule has 2 aliphatic rings. The van der Waals surface area contributed by atoms with Crippen molar-refractivity contribution in [3.05, 3.63) is 34.4 Å². The van der Waals surface area contributed by atoms with Gasteiger partial charge in [0.1, 0.15) is 0 Å². The van der Waals surface area contributed by atoms with Crippen molar-refractivity contribution in [1.29, 1.82) is 0 Å². The topological polar surface area (TPSA) is 98.3 Å². The summed E-state index contributed by atoms with van der Waals surface area (Å²) in [5, 5.41) is 13.7. The zero-order valence-electron chi connectivity index (χ0n) is 14.8. The number of fused-ring (bicyclic) bond motifs is 2. The number of thioether (sulfide) groups is 1. The fraction of sp³-hybridized carbons (Fsp3) is 0.611. The summed E-state index contributed by atoms with van der Waals surface area (Å²) in [5.41, 5.74) is 6.21. The van der Waals surface area contributed by atoms with Crippen molar-refractivity contribution in [3.8, 4) is 0 Å². The van der Waals surface area contributed by atoms with E-state index in [1.807, 2.05) is 6.92 Å². The van der Waals surface area contributed by atoms with Crippen LogP contribution >= 0.6 is 24.2 Å². The molecule has 0 aromatic heterocycles. The quantitative estimate of drug-likeness (QED) is 0.448. The maximum Gasteiger partial charge on any atom is 0.269 e. The van der Waals surface area contributed by atoms with Crippen molar-refractivity contribution in [2.24, 2.45) is 17.6 Å². The Morgan fingerprint density at radius 3 is 2.38 bits per heavy atom. The largest absolute Gasteiger partial charge is 0.352 e. The van der Waals surface area contributed by atoms with Crippen LogP contribution in [-0.4, -0.2) is 28.2 Å². The number of non-ortho nitro benzene ring substituents is 1. The van der Waals surface area contributed by atoms with Crippen molar-refractivity contribution < 1.29 is 9.72 Å². The highest BCUT2D eigenvalue weighted by molar-refractivity contribution is 8.00. The first-order chi connectivity index (χ1) is 11.9. The van der Waals surface area contributed by atoms with Crippen LogP contribution in [0.1, 0.15) is 39.0 Å². The van der Waals surface area contributed by atoms with Crippen molar-refractivity contribution in [1.82, 2.24) is 5.32 Å². The molecule has 8 heteroatoms. The van der Waals surface area contributed by atoms with Gasteiger partial charge in [-0.25, -0.2) is 0 Å². The molecule has 2 fully saturated rings. The Kier molecular flexibility index (Phi) is 7.32. The number of rotatable bonds is 5. The lowest BCUT2D eigenvalue weighted by Gasteiger charge is -2.45. The number of carbonyl (C=O) groups excluding carboxylic acids is 1. The van der Waals surface area contributed by atoms with E-state index in [0.29, 0.717) is 11.8 Å². The van der Waals surface area contributed by atoms with Gasteiger partial charge in [-0.05, 0) is 56.6 Å². The fourth-order valence-electron chi connectivity index (χ4n) is 4.21. The number of nitro groups is 1. The molecular weight excluding hydrogens is 374 g/mol. The number of nitrogens with two attached hydrogens (primary N) is 1. The predicted molar refractivity (Wildman–Crippen MR) is 106 cm³/mol. The molecule has 2 bridgehead atoms. The smallest absolute Gasteiger partial charge is 0.269 e. The lowest BCUT2D eigenvalue weighted by Crippen LogP contribution is -2.54. The molecule has 1 aromatic carbocycles. The van der Waals surface area contributed by atoms with E-state index in [1.54, 1.807) is 12.1 Å². The Morgan fingerprint density at radius 2 is 1.85 bits per heavy atom. The van der Waals surface area contributed by atoms with E-state index in [0.717, 1.165) is 30.6 Å². The van der Waals surface area contributed by atoms with E-state index < -0.39 is 4.92 Å². The Labute approximate surface area is 164 Å². The van der Waals surface area contributed by atoms with Crippen LogP contribution in [0.2, 0.25) is 0 Å². The van der Waals surface area contributed by atoms with Gasteiger partial charge >= 0.3 is 0 Å². The molecule has 0 saturated heterocycles. The summed E-state index contributed by atoms with van der Waals surface area (Å²) >= 11 is 1.43. The van der Waals surface area contributed by atoms with E-state index in [4.69, 9.17) is 5.73 Å². The summed E-state index contributed by atoms with van der Waals surface area (Å²) in [6.07, 6.45) is 5.55. The second-order valence-electron chi connectivity index (χ2n) is 7.23. The first-order valence-corrected chi connectivity index (χ1v) is 9.79. The third kappa shape index (κ3) is 4.90. The Bertz CT molecular complexity index is 629. The Morgan fingerprint density at radius 1 is 1.27 bits per heavy atom. The average Bonchev–Trinajstić information content (AvgIpc) is 2.56. The number of nitro benzene ring substituents is 1. The maximum atomic E-state index is 12.6. The number of carbonyl (C=O) groups is 1. The van der Waals surface area contributed by atoms with E-state index >= 15 is 0 Å². The standard InChI is InChI=1S/C18H25N3O3S.ClH/c1-11(25-16-7-5-15(6-8-16)21(23)24)18(22)20-17-12-3-2-4-13(17)10-14(19)9-12;/h5-8,11-14,17H,2-4,9-10,19H2,1H3,(H,20,22);1H. The van der Waals surface area contributed by atoms with Crippen molar-refractivity contribution >= 4 is 35.8 Å². The van der Waals surface area contributed by atoms with Crippen LogP contribution in [0.15, 0.2) is 29.2 Å². The molecule has 144 valence electrons. The molecular formula is C18H26ClN3O3S.